The molecule has 0 saturated carbocycles. The lowest BCUT2D eigenvalue weighted by atomic mass is 10.1. The summed E-state index contributed by atoms with van der Waals surface area (Å²) in [4.78, 5) is 26.6. The maximum Gasteiger partial charge on any atom is 0.516 e. The molecule has 0 aliphatic rings. The number of hydrogen-bond acceptors (Lipinski definition) is 6. The van der Waals surface area contributed by atoms with Gasteiger partial charge in [0.05, 0.1) is 6.61 Å². The van der Waals surface area contributed by atoms with Crippen LogP contribution in [0.25, 0.3) is 0 Å². The van der Waals surface area contributed by atoms with Crippen LogP contribution in [-0.2, 0) is 20.7 Å². The molecule has 1 aromatic rings. The molecular formula is C13H18N2O4. The highest BCUT2D eigenvalue weighted by Gasteiger charge is 2.20. The van der Waals surface area contributed by atoms with Crippen LogP contribution in [0.2, 0.25) is 0 Å². The molecule has 0 aromatic carbocycles. The molecule has 1 heterocycles. The van der Waals surface area contributed by atoms with Gasteiger partial charge < -0.3 is 15.2 Å². The van der Waals surface area contributed by atoms with Gasteiger partial charge in [-0.15, -0.1) is 0 Å². The molecule has 104 valence electrons. The Hall–Kier alpha value is -1.95. The van der Waals surface area contributed by atoms with Crippen LogP contribution in [0.3, 0.4) is 0 Å². The number of nitrogens with two attached hydrogens (primary N) is 1. The molecule has 19 heavy (non-hydrogen) atoms. The minimum atomic E-state index is -1.000. The van der Waals surface area contributed by atoms with E-state index in [4.69, 9.17) is 10.5 Å². The predicted octanol–water partition coefficient (Wildman–Crippen LogP) is 1.43. The zero-order valence-electron chi connectivity index (χ0n) is 10.9. The largest absolute Gasteiger partial charge is 0.516 e. The van der Waals surface area contributed by atoms with Crippen molar-refractivity contribution in [2.24, 2.45) is 5.73 Å². The second-order valence-electron chi connectivity index (χ2n) is 4.05. The van der Waals surface area contributed by atoms with E-state index in [-0.39, 0.29) is 13.0 Å². The van der Waals surface area contributed by atoms with Crippen LogP contribution in [0.5, 0.6) is 0 Å². The van der Waals surface area contributed by atoms with Gasteiger partial charge in [0.15, 0.2) is 0 Å². The van der Waals surface area contributed by atoms with Gasteiger partial charge in [0, 0.05) is 12.4 Å². The minimum absolute atomic E-state index is 0.237. The van der Waals surface area contributed by atoms with Crippen LogP contribution in [0.15, 0.2) is 24.5 Å². The number of nitrogens with zero attached hydrogens (tertiary/aromatic N) is 1. The Labute approximate surface area is 111 Å². The zero-order chi connectivity index (χ0) is 14.1. The fraction of sp³-hybridized carbons (Fsp3) is 0.462. The minimum Gasteiger partial charge on any atom is -0.434 e. The lowest BCUT2D eigenvalue weighted by molar-refractivity contribution is -0.141. The van der Waals surface area contributed by atoms with E-state index in [1.165, 1.54) is 0 Å². The lowest BCUT2D eigenvalue weighted by Gasteiger charge is -2.10. The van der Waals surface area contributed by atoms with Crippen molar-refractivity contribution >= 4 is 12.1 Å². The molecule has 0 amide bonds. The first-order valence-corrected chi connectivity index (χ1v) is 6.16. The highest BCUT2D eigenvalue weighted by atomic mass is 16.7. The van der Waals surface area contributed by atoms with Gasteiger partial charge in [-0.2, -0.15) is 0 Å². The van der Waals surface area contributed by atoms with Gasteiger partial charge in [0.2, 0.25) is 0 Å². The fourth-order valence-electron chi connectivity index (χ4n) is 1.34. The van der Waals surface area contributed by atoms with E-state index in [0.29, 0.717) is 0 Å². The Morgan fingerprint density at radius 1 is 1.47 bits per heavy atom. The third-order valence-electron chi connectivity index (χ3n) is 2.38. The quantitative estimate of drug-likeness (QED) is 0.476. The molecule has 0 unspecified atom stereocenters. The summed E-state index contributed by atoms with van der Waals surface area (Å²) in [6.07, 6.45) is 4.10. The van der Waals surface area contributed by atoms with E-state index < -0.39 is 18.2 Å². The third-order valence-corrected chi connectivity index (χ3v) is 2.38. The normalized spacial score (nSPS) is 11.7. The Balaban J connectivity index is 2.34. The van der Waals surface area contributed by atoms with E-state index in [1.807, 2.05) is 6.92 Å². The van der Waals surface area contributed by atoms with Crippen molar-refractivity contribution in [3.8, 4) is 0 Å². The van der Waals surface area contributed by atoms with Crippen LogP contribution >= 0.6 is 0 Å². The summed E-state index contributed by atoms with van der Waals surface area (Å²) in [6, 6.07) is 2.62. The lowest BCUT2D eigenvalue weighted by Crippen LogP contribution is -2.35. The number of carbonyl (C=O) groups excluding carboxylic acids is 2. The summed E-state index contributed by atoms with van der Waals surface area (Å²) in [7, 11) is 0. The number of rotatable bonds is 6. The van der Waals surface area contributed by atoms with Crippen LogP contribution in [-0.4, -0.2) is 29.8 Å². The molecule has 2 N–H and O–H groups in total. The molecule has 0 aliphatic carbocycles. The van der Waals surface area contributed by atoms with Crippen molar-refractivity contribution in [2.75, 3.05) is 6.61 Å². The second-order valence-corrected chi connectivity index (χ2v) is 4.05. The van der Waals surface area contributed by atoms with E-state index in [2.05, 4.69) is 9.72 Å². The van der Waals surface area contributed by atoms with E-state index >= 15 is 0 Å². The molecule has 1 atom stereocenters. The highest BCUT2D eigenvalue weighted by molar-refractivity contribution is 5.85. The smallest absolute Gasteiger partial charge is 0.434 e. The number of unbranched alkanes of at least 4 members (excludes halogenated alkanes) is 1. The molecule has 0 spiro atoms. The van der Waals surface area contributed by atoms with E-state index in [1.54, 1.807) is 24.5 Å². The summed E-state index contributed by atoms with van der Waals surface area (Å²) in [6.45, 7) is 2.20. The standard InChI is InChI=1S/C13H18N2O4/c1-2-3-7-18-13(17)19-12(16)11(14)8-10-5-4-6-15-9-10/h4-6,9,11H,2-3,7-8,14H2,1H3/t11-/m1/s1. The monoisotopic (exact) mass is 266 g/mol. The number of carbonyl (C=O) groups is 2. The molecule has 6 nitrogen and oxygen atoms in total. The van der Waals surface area contributed by atoms with Gasteiger partial charge >= 0.3 is 12.1 Å². The molecular weight excluding hydrogens is 248 g/mol. The fourth-order valence-corrected chi connectivity index (χ4v) is 1.34. The number of esters is 1. The van der Waals surface area contributed by atoms with Crippen molar-refractivity contribution < 1.29 is 19.1 Å². The average Bonchev–Trinajstić information content (AvgIpc) is 2.40. The molecule has 1 rings (SSSR count). The molecule has 6 heteroatoms. The molecule has 0 radical (unpaired) electrons. The number of ether oxygens (including phenoxy) is 2. The summed E-state index contributed by atoms with van der Waals surface area (Å²) >= 11 is 0. The average molecular weight is 266 g/mol. The summed E-state index contributed by atoms with van der Waals surface area (Å²) < 4.78 is 9.19. The van der Waals surface area contributed by atoms with Crippen LogP contribution in [0, 0.1) is 0 Å². The van der Waals surface area contributed by atoms with Gasteiger partial charge in [-0.25, -0.2) is 9.59 Å². The summed E-state index contributed by atoms with van der Waals surface area (Å²) in [5, 5.41) is 0. The third kappa shape index (κ3) is 5.96. The Kier molecular flexibility index (Phi) is 6.52. The van der Waals surface area contributed by atoms with Gasteiger partial charge in [-0.05, 0) is 24.5 Å². The Morgan fingerprint density at radius 3 is 2.89 bits per heavy atom. The molecule has 0 aliphatic heterocycles. The van der Waals surface area contributed by atoms with Gasteiger partial charge in [0.1, 0.15) is 6.04 Å². The molecule has 0 bridgehead atoms. The van der Waals surface area contributed by atoms with Crippen LogP contribution < -0.4 is 5.73 Å². The first-order chi connectivity index (χ1) is 9.13. The first-order valence-electron chi connectivity index (χ1n) is 6.16. The number of aromatic nitrogens is 1. The molecule has 0 fully saturated rings. The van der Waals surface area contributed by atoms with E-state index in [9.17, 15) is 9.59 Å². The van der Waals surface area contributed by atoms with Crippen molar-refractivity contribution in [1.29, 1.82) is 0 Å². The second kappa shape index (κ2) is 8.20. The topological polar surface area (TPSA) is 91.5 Å². The van der Waals surface area contributed by atoms with Crippen molar-refractivity contribution in [3.05, 3.63) is 30.1 Å². The van der Waals surface area contributed by atoms with Crippen molar-refractivity contribution in [3.63, 3.8) is 0 Å². The number of pyridine rings is 1. The van der Waals surface area contributed by atoms with Gasteiger partial charge in [-0.1, -0.05) is 19.4 Å². The predicted molar refractivity (Wildman–Crippen MR) is 68.3 cm³/mol. The maximum atomic E-state index is 11.5. The maximum absolute atomic E-state index is 11.5. The summed E-state index contributed by atoms with van der Waals surface area (Å²) in [5.41, 5.74) is 6.44. The van der Waals surface area contributed by atoms with Gasteiger partial charge in [0.25, 0.3) is 0 Å². The molecule has 0 saturated heterocycles. The first kappa shape index (κ1) is 15.1. The Morgan fingerprint density at radius 2 is 2.26 bits per heavy atom. The number of hydrogen-bond donors (Lipinski definition) is 1. The van der Waals surface area contributed by atoms with Crippen molar-refractivity contribution in [1.82, 2.24) is 4.98 Å². The van der Waals surface area contributed by atoms with Gasteiger partial charge in [-0.3, -0.25) is 4.98 Å². The highest BCUT2D eigenvalue weighted by Crippen LogP contribution is 2.02. The Bertz CT molecular complexity index is 408. The van der Waals surface area contributed by atoms with E-state index in [0.717, 1.165) is 18.4 Å². The van der Waals surface area contributed by atoms with Crippen LogP contribution in [0.1, 0.15) is 25.3 Å². The SMILES string of the molecule is CCCCOC(=O)OC(=O)[C@H](N)Cc1cccnc1. The van der Waals surface area contributed by atoms with Crippen LogP contribution in [0.4, 0.5) is 4.79 Å². The molecule has 1 aromatic heterocycles. The zero-order valence-corrected chi connectivity index (χ0v) is 10.9. The summed E-state index contributed by atoms with van der Waals surface area (Å²) in [5.74, 6) is -0.801. The van der Waals surface area contributed by atoms with Crippen molar-refractivity contribution in [2.45, 2.75) is 32.2 Å².